The fourth-order valence-corrected chi connectivity index (χ4v) is 2.58. The zero-order chi connectivity index (χ0) is 12.4. The van der Waals surface area contributed by atoms with E-state index in [0.717, 1.165) is 28.3 Å². The molecule has 1 atom stereocenters. The lowest BCUT2D eigenvalue weighted by atomic mass is 10.2. The zero-order valence-corrected chi connectivity index (χ0v) is 10.9. The molecular formula is C14H14N2OS. The third-order valence-electron chi connectivity index (χ3n) is 2.88. The second-order valence-corrected chi connectivity index (χ2v) is 5.15. The summed E-state index contributed by atoms with van der Waals surface area (Å²) in [4.78, 5) is 4.30. The molecule has 92 valence electrons. The molecular weight excluding hydrogens is 244 g/mol. The fourth-order valence-electron chi connectivity index (χ4n) is 1.91. The smallest absolute Gasteiger partial charge is 0.134 e. The molecule has 18 heavy (non-hydrogen) atoms. The van der Waals surface area contributed by atoms with E-state index in [0.29, 0.717) is 0 Å². The van der Waals surface area contributed by atoms with Gasteiger partial charge in [-0.25, -0.2) is 4.98 Å². The number of nitrogens with zero attached hydrogens (tertiary/aromatic N) is 1. The predicted octanol–water partition coefficient (Wildman–Crippen LogP) is 3.74. The second kappa shape index (κ2) is 4.92. The van der Waals surface area contributed by atoms with Gasteiger partial charge in [0.25, 0.3) is 0 Å². The number of hydrogen-bond donors (Lipinski definition) is 1. The van der Waals surface area contributed by atoms with Crippen LogP contribution in [0, 0.1) is 0 Å². The van der Waals surface area contributed by atoms with Crippen molar-refractivity contribution in [2.45, 2.75) is 19.5 Å². The Morgan fingerprint density at radius 1 is 1.39 bits per heavy atom. The van der Waals surface area contributed by atoms with Gasteiger partial charge in [0, 0.05) is 17.0 Å². The summed E-state index contributed by atoms with van der Waals surface area (Å²) in [5.41, 5.74) is 0.941. The molecule has 3 rings (SSSR count). The van der Waals surface area contributed by atoms with Crippen molar-refractivity contribution in [1.29, 1.82) is 0 Å². The van der Waals surface area contributed by atoms with Crippen molar-refractivity contribution >= 4 is 22.3 Å². The third-order valence-corrected chi connectivity index (χ3v) is 3.84. The number of thiazole rings is 1. The van der Waals surface area contributed by atoms with Crippen molar-refractivity contribution in [3.8, 4) is 0 Å². The summed E-state index contributed by atoms with van der Waals surface area (Å²) < 4.78 is 5.76. The molecule has 0 saturated carbocycles. The van der Waals surface area contributed by atoms with Crippen LogP contribution in [0.4, 0.5) is 0 Å². The Balaban J connectivity index is 1.69. The van der Waals surface area contributed by atoms with E-state index in [4.69, 9.17) is 4.42 Å². The van der Waals surface area contributed by atoms with Crippen LogP contribution in [-0.2, 0) is 6.54 Å². The molecule has 1 unspecified atom stereocenters. The number of nitrogens with one attached hydrogen (secondary N) is 1. The number of aromatic nitrogens is 1. The molecule has 0 fully saturated rings. The quantitative estimate of drug-likeness (QED) is 0.774. The van der Waals surface area contributed by atoms with Gasteiger partial charge in [0.05, 0.1) is 12.6 Å². The number of furan rings is 1. The fraction of sp³-hybridized carbons (Fsp3) is 0.214. The molecule has 2 heterocycles. The van der Waals surface area contributed by atoms with Crippen molar-refractivity contribution in [2.75, 3.05) is 0 Å². The SMILES string of the molecule is CC(NCc1cc2ccccc2o1)c1nccs1. The van der Waals surface area contributed by atoms with E-state index < -0.39 is 0 Å². The highest BCUT2D eigenvalue weighted by Gasteiger charge is 2.09. The molecule has 1 aromatic carbocycles. The van der Waals surface area contributed by atoms with Crippen molar-refractivity contribution in [2.24, 2.45) is 0 Å². The van der Waals surface area contributed by atoms with E-state index in [2.05, 4.69) is 29.4 Å². The Morgan fingerprint density at radius 3 is 3.06 bits per heavy atom. The van der Waals surface area contributed by atoms with Gasteiger partial charge >= 0.3 is 0 Å². The molecule has 3 nitrogen and oxygen atoms in total. The number of para-hydroxylation sites is 1. The van der Waals surface area contributed by atoms with Crippen LogP contribution in [0.25, 0.3) is 11.0 Å². The molecule has 0 saturated heterocycles. The van der Waals surface area contributed by atoms with Gasteiger partial charge in [-0.3, -0.25) is 0 Å². The largest absolute Gasteiger partial charge is 0.460 e. The van der Waals surface area contributed by atoms with Crippen LogP contribution in [0.15, 0.2) is 46.3 Å². The maximum Gasteiger partial charge on any atom is 0.134 e. The lowest BCUT2D eigenvalue weighted by Crippen LogP contribution is -2.17. The highest BCUT2D eigenvalue weighted by Crippen LogP contribution is 2.20. The lowest BCUT2D eigenvalue weighted by Gasteiger charge is -2.08. The maximum atomic E-state index is 5.76. The minimum Gasteiger partial charge on any atom is -0.460 e. The summed E-state index contributed by atoms with van der Waals surface area (Å²) >= 11 is 1.67. The Kier molecular flexibility index (Phi) is 3.13. The van der Waals surface area contributed by atoms with Gasteiger partial charge in [-0.2, -0.15) is 0 Å². The summed E-state index contributed by atoms with van der Waals surface area (Å²) in [7, 11) is 0. The normalized spacial score (nSPS) is 12.9. The third kappa shape index (κ3) is 2.30. The first-order chi connectivity index (χ1) is 8.83. The van der Waals surface area contributed by atoms with Crippen molar-refractivity contribution in [3.63, 3.8) is 0 Å². The van der Waals surface area contributed by atoms with Gasteiger partial charge in [0.15, 0.2) is 0 Å². The lowest BCUT2D eigenvalue weighted by molar-refractivity contribution is 0.481. The zero-order valence-electron chi connectivity index (χ0n) is 10.1. The molecule has 0 aliphatic rings. The van der Waals surface area contributed by atoms with Gasteiger partial charge in [0.1, 0.15) is 16.4 Å². The number of fused-ring (bicyclic) bond motifs is 1. The van der Waals surface area contributed by atoms with Crippen LogP contribution >= 0.6 is 11.3 Å². The first-order valence-corrected chi connectivity index (χ1v) is 6.81. The molecule has 1 N–H and O–H groups in total. The van der Waals surface area contributed by atoms with Crippen LogP contribution in [0.2, 0.25) is 0 Å². The standard InChI is InChI=1S/C14H14N2OS/c1-10(14-15-6-7-18-14)16-9-12-8-11-4-2-3-5-13(11)17-12/h2-8,10,16H,9H2,1H3. The predicted molar refractivity (Wildman–Crippen MR) is 73.6 cm³/mol. The maximum absolute atomic E-state index is 5.76. The average molecular weight is 258 g/mol. The molecule has 4 heteroatoms. The van der Waals surface area contributed by atoms with Crippen molar-refractivity contribution < 1.29 is 4.42 Å². The van der Waals surface area contributed by atoms with Crippen LogP contribution < -0.4 is 5.32 Å². The van der Waals surface area contributed by atoms with E-state index in [1.807, 2.05) is 29.8 Å². The topological polar surface area (TPSA) is 38.1 Å². The van der Waals surface area contributed by atoms with Crippen LogP contribution in [-0.4, -0.2) is 4.98 Å². The Bertz CT molecular complexity index is 597. The molecule has 0 spiro atoms. The Labute approximate surface area is 109 Å². The van der Waals surface area contributed by atoms with E-state index in [9.17, 15) is 0 Å². The van der Waals surface area contributed by atoms with Gasteiger partial charge in [0.2, 0.25) is 0 Å². The average Bonchev–Trinajstić information content (AvgIpc) is 3.04. The summed E-state index contributed by atoms with van der Waals surface area (Å²) in [6, 6.07) is 10.4. The van der Waals surface area contributed by atoms with Gasteiger partial charge in [-0.1, -0.05) is 18.2 Å². The minimum atomic E-state index is 0.248. The molecule has 0 amide bonds. The van der Waals surface area contributed by atoms with E-state index in [-0.39, 0.29) is 6.04 Å². The number of rotatable bonds is 4. The number of hydrogen-bond acceptors (Lipinski definition) is 4. The highest BCUT2D eigenvalue weighted by atomic mass is 32.1. The van der Waals surface area contributed by atoms with Gasteiger partial charge < -0.3 is 9.73 Å². The van der Waals surface area contributed by atoms with Crippen molar-refractivity contribution in [1.82, 2.24) is 10.3 Å². The highest BCUT2D eigenvalue weighted by molar-refractivity contribution is 7.09. The van der Waals surface area contributed by atoms with Gasteiger partial charge in [-0.05, 0) is 19.1 Å². The van der Waals surface area contributed by atoms with E-state index in [1.54, 1.807) is 11.3 Å². The van der Waals surface area contributed by atoms with Crippen LogP contribution in [0.5, 0.6) is 0 Å². The summed E-state index contributed by atoms with van der Waals surface area (Å²) in [5.74, 6) is 0.958. The first-order valence-electron chi connectivity index (χ1n) is 5.93. The van der Waals surface area contributed by atoms with Crippen LogP contribution in [0.1, 0.15) is 23.7 Å². The number of benzene rings is 1. The molecule has 3 aromatic rings. The molecule has 0 radical (unpaired) electrons. The summed E-state index contributed by atoms with van der Waals surface area (Å²) in [6.07, 6.45) is 1.83. The van der Waals surface area contributed by atoms with E-state index in [1.165, 1.54) is 0 Å². The molecule has 2 aromatic heterocycles. The molecule has 0 aliphatic heterocycles. The summed E-state index contributed by atoms with van der Waals surface area (Å²) in [5, 5.41) is 7.66. The minimum absolute atomic E-state index is 0.248. The molecule has 0 bridgehead atoms. The van der Waals surface area contributed by atoms with E-state index >= 15 is 0 Å². The van der Waals surface area contributed by atoms with Crippen molar-refractivity contribution in [3.05, 3.63) is 52.7 Å². The Hall–Kier alpha value is -1.65. The second-order valence-electron chi connectivity index (χ2n) is 4.22. The monoisotopic (exact) mass is 258 g/mol. The van der Waals surface area contributed by atoms with Gasteiger partial charge in [-0.15, -0.1) is 11.3 Å². The molecule has 0 aliphatic carbocycles. The first kappa shape index (κ1) is 11.4. The summed E-state index contributed by atoms with van der Waals surface area (Å²) in [6.45, 7) is 2.83. The van der Waals surface area contributed by atoms with Crippen LogP contribution in [0.3, 0.4) is 0 Å². The Morgan fingerprint density at radius 2 is 2.28 bits per heavy atom.